The predicted octanol–water partition coefficient (Wildman–Crippen LogP) is 1.46. The van der Waals surface area contributed by atoms with Crippen molar-refractivity contribution in [2.24, 2.45) is 0 Å². The standard InChI is InChI=1S/C17H19FN4O4/c1-10(2)15-19-14(20-22(15)12-5-3-4-11(18)8-12)16(23)21-6-7-26-13(9-21)17(24)25/h3-5,8,10,13H,6-7,9H2,1-2H3,(H,24,25)/t13-/m0/s1. The zero-order valence-electron chi connectivity index (χ0n) is 14.4. The Kier molecular flexibility index (Phi) is 4.99. The second-order valence-electron chi connectivity index (χ2n) is 6.29. The summed E-state index contributed by atoms with van der Waals surface area (Å²) in [5, 5.41) is 13.3. The number of carboxylic acids is 1. The molecule has 8 nitrogen and oxygen atoms in total. The van der Waals surface area contributed by atoms with Crippen molar-refractivity contribution in [2.75, 3.05) is 19.7 Å². The molecule has 0 radical (unpaired) electrons. The molecule has 1 saturated heterocycles. The van der Waals surface area contributed by atoms with Crippen molar-refractivity contribution in [3.8, 4) is 5.69 Å². The molecule has 2 aromatic rings. The van der Waals surface area contributed by atoms with Gasteiger partial charge in [0.05, 0.1) is 18.8 Å². The molecule has 1 N–H and O–H groups in total. The number of amides is 1. The van der Waals surface area contributed by atoms with Crippen LogP contribution in [0.2, 0.25) is 0 Å². The van der Waals surface area contributed by atoms with Crippen LogP contribution in [0.1, 0.15) is 36.2 Å². The van der Waals surface area contributed by atoms with Gasteiger partial charge >= 0.3 is 5.97 Å². The highest BCUT2D eigenvalue weighted by Crippen LogP contribution is 2.19. The zero-order valence-corrected chi connectivity index (χ0v) is 14.4. The van der Waals surface area contributed by atoms with Gasteiger partial charge in [-0.25, -0.2) is 18.9 Å². The van der Waals surface area contributed by atoms with Crippen LogP contribution in [0.3, 0.4) is 0 Å². The third kappa shape index (κ3) is 3.57. The van der Waals surface area contributed by atoms with Crippen LogP contribution in [0.15, 0.2) is 24.3 Å². The molecule has 0 aliphatic carbocycles. The summed E-state index contributed by atoms with van der Waals surface area (Å²) in [6.07, 6.45) is -1.07. The van der Waals surface area contributed by atoms with E-state index in [2.05, 4.69) is 10.1 Å². The lowest BCUT2D eigenvalue weighted by molar-refractivity contribution is -0.154. The topological polar surface area (TPSA) is 97.6 Å². The van der Waals surface area contributed by atoms with E-state index in [-0.39, 0.29) is 31.4 Å². The van der Waals surface area contributed by atoms with E-state index >= 15 is 0 Å². The molecule has 0 spiro atoms. The minimum Gasteiger partial charge on any atom is -0.479 e. The summed E-state index contributed by atoms with van der Waals surface area (Å²) >= 11 is 0. The predicted molar refractivity (Wildman–Crippen MR) is 88.7 cm³/mol. The molecule has 0 saturated carbocycles. The first kappa shape index (κ1) is 18.0. The normalized spacial score (nSPS) is 17.5. The lowest BCUT2D eigenvalue weighted by Gasteiger charge is -2.29. The van der Waals surface area contributed by atoms with Crippen LogP contribution in [0.5, 0.6) is 0 Å². The Morgan fingerprint density at radius 1 is 1.38 bits per heavy atom. The third-order valence-corrected chi connectivity index (χ3v) is 4.02. The lowest BCUT2D eigenvalue weighted by atomic mass is 10.2. The fraction of sp³-hybridized carbons (Fsp3) is 0.412. The molecule has 1 aromatic carbocycles. The van der Waals surface area contributed by atoms with E-state index in [0.29, 0.717) is 11.5 Å². The minimum absolute atomic E-state index is 0.0519. The van der Waals surface area contributed by atoms with Gasteiger partial charge in [-0.15, -0.1) is 5.10 Å². The number of hydrogen-bond acceptors (Lipinski definition) is 5. The van der Waals surface area contributed by atoms with Gasteiger partial charge in [0, 0.05) is 12.5 Å². The first-order chi connectivity index (χ1) is 12.4. The summed E-state index contributed by atoms with van der Waals surface area (Å²) in [7, 11) is 0. The number of ether oxygens (including phenoxy) is 1. The number of benzene rings is 1. The number of rotatable bonds is 4. The number of carbonyl (C=O) groups excluding carboxylic acids is 1. The van der Waals surface area contributed by atoms with Gasteiger partial charge in [0.15, 0.2) is 6.10 Å². The highest BCUT2D eigenvalue weighted by atomic mass is 19.1. The molecule has 3 rings (SSSR count). The zero-order chi connectivity index (χ0) is 18.8. The largest absolute Gasteiger partial charge is 0.479 e. The second kappa shape index (κ2) is 7.20. The van der Waals surface area contributed by atoms with Crippen LogP contribution in [-0.2, 0) is 9.53 Å². The van der Waals surface area contributed by atoms with E-state index in [1.165, 1.54) is 21.7 Å². The Morgan fingerprint density at radius 3 is 2.81 bits per heavy atom. The van der Waals surface area contributed by atoms with E-state index in [1.54, 1.807) is 12.1 Å². The number of aliphatic carboxylic acids is 1. The average molecular weight is 362 g/mol. The van der Waals surface area contributed by atoms with Crippen LogP contribution in [0.25, 0.3) is 5.69 Å². The average Bonchev–Trinajstić information content (AvgIpc) is 3.07. The summed E-state index contributed by atoms with van der Waals surface area (Å²) in [4.78, 5) is 29.5. The highest BCUT2D eigenvalue weighted by molar-refractivity contribution is 5.91. The molecule has 1 aromatic heterocycles. The number of nitrogens with zero attached hydrogens (tertiary/aromatic N) is 4. The molecule has 2 heterocycles. The van der Waals surface area contributed by atoms with Crippen molar-refractivity contribution in [2.45, 2.75) is 25.9 Å². The van der Waals surface area contributed by atoms with E-state index < -0.39 is 23.8 Å². The van der Waals surface area contributed by atoms with Gasteiger partial charge in [-0.05, 0) is 18.2 Å². The molecular weight excluding hydrogens is 343 g/mol. The monoisotopic (exact) mass is 362 g/mol. The molecule has 9 heteroatoms. The highest BCUT2D eigenvalue weighted by Gasteiger charge is 2.32. The molecule has 1 atom stereocenters. The molecule has 0 unspecified atom stereocenters. The Bertz CT molecular complexity index is 836. The summed E-state index contributed by atoms with van der Waals surface area (Å²) in [6.45, 7) is 4.10. The van der Waals surface area contributed by atoms with Crippen molar-refractivity contribution in [3.05, 3.63) is 41.7 Å². The first-order valence-corrected chi connectivity index (χ1v) is 8.23. The fourth-order valence-electron chi connectivity index (χ4n) is 2.71. The van der Waals surface area contributed by atoms with Crippen LogP contribution < -0.4 is 0 Å². The quantitative estimate of drug-likeness (QED) is 0.884. The molecule has 0 bridgehead atoms. The van der Waals surface area contributed by atoms with Crippen molar-refractivity contribution < 1.29 is 23.8 Å². The molecule has 138 valence electrons. The van der Waals surface area contributed by atoms with Crippen molar-refractivity contribution >= 4 is 11.9 Å². The summed E-state index contributed by atoms with van der Waals surface area (Å²) in [6, 6.07) is 5.86. The molecule has 1 fully saturated rings. The molecular formula is C17H19FN4O4. The maximum atomic E-state index is 13.6. The van der Waals surface area contributed by atoms with E-state index in [4.69, 9.17) is 9.84 Å². The minimum atomic E-state index is -1.12. The number of halogens is 1. The second-order valence-corrected chi connectivity index (χ2v) is 6.29. The van der Waals surface area contributed by atoms with E-state index in [0.717, 1.165) is 0 Å². The molecule has 1 aliphatic heterocycles. The van der Waals surface area contributed by atoms with Gasteiger partial charge in [-0.3, -0.25) is 4.79 Å². The number of hydrogen-bond donors (Lipinski definition) is 1. The Labute approximate surface area is 149 Å². The van der Waals surface area contributed by atoms with Gasteiger partial charge in [0.25, 0.3) is 5.91 Å². The molecule has 26 heavy (non-hydrogen) atoms. The van der Waals surface area contributed by atoms with Crippen molar-refractivity contribution in [3.63, 3.8) is 0 Å². The maximum Gasteiger partial charge on any atom is 0.334 e. The summed E-state index contributed by atoms with van der Waals surface area (Å²) in [5.74, 6) is -1.60. The van der Waals surface area contributed by atoms with E-state index in [1.807, 2.05) is 13.8 Å². The number of carbonyl (C=O) groups is 2. The Hall–Kier alpha value is -2.81. The van der Waals surface area contributed by atoms with Gasteiger partial charge in [0.1, 0.15) is 11.6 Å². The molecule has 1 amide bonds. The van der Waals surface area contributed by atoms with Gasteiger partial charge < -0.3 is 14.7 Å². The first-order valence-electron chi connectivity index (χ1n) is 8.23. The van der Waals surface area contributed by atoms with Crippen LogP contribution >= 0.6 is 0 Å². The van der Waals surface area contributed by atoms with E-state index in [9.17, 15) is 14.0 Å². The third-order valence-electron chi connectivity index (χ3n) is 4.02. The smallest absolute Gasteiger partial charge is 0.334 e. The van der Waals surface area contributed by atoms with Crippen LogP contribution in [-0.4, -0.2) is 62.4 Å². The molecule has 1 aliphatic rings. The van der Waals surface area contributed by atoms with Gasteiger partial charge in [0.2, 0.25) is 5.82 Å². The Balaban J connectivity index is 1.92. The summed E-state index contributed by atoms with van der Waals surface area (Å²) in [5.41, 5.74) is 0.464. The number of aromatic nitrogens is 3. The van der Waals surface area contributed by atoms with Crippen molar-refractivity contribution in [1.29, 1.82) is 0 Å². The van der Waals surface area contributed by atoms with Crippen LogP contribution in [0.4, 0.5) is 4.39 Å². The van der Waals surface area contributed by atoms with Crippen LogP contribution in [0, 0.1) is 5.82 Å². The maximum absolute atomic E-state index is 13.6. The van der Waals surface area contributed by atoms with Gasteiger partial charge in [-0.1, -0.05) is 19.9 Å². The SMILES string of the molecule is CC(C)c1nc(C(=O)N2CCO[C@H](C(=O)O)C2)nn1-c1cccc(F)c1. The summed E-state index contributed by atoms with van der Waals surface area (Å²) < 4.78 is 20.1. The lowest BCUT2D eigenvalue weighted by Crippen LogP contribution is -2.48. The fourth-order valence-corrected chi connectivity index (χ4v) is 2.71. The van der Waals surface area contributed by atoms with Crippen molar-refractivity contribution in [1.82, 2.24) is 19.7 Å². The number of morpholine rings is 1. The Morgan fingerprint density at radius 2 is 2.15 bits per heavy atom. The number of carboxylic acid groups (broad SMARTS) is 1. The van der Waals surface area contributed by atoms with Gasteiger partial charge in [-0.2, -0.15) is 0 Å².